The zero-order valence-corrected chi connectivity index (χ0v) is 33.1. The van der Waals surface area contributed by atoms with Gasteiger partial charge in [-0.15, -0.1) is 0 Å². The van der Waals surface area contributed by atoms with Gasteiger partial charge in [0.25, 0.3) is 0 Å². The van der Waals surface area contributed by atoms with Crippen LogP contribution in [0.1, 0.15) is 142 Å². The minimum atomic E-state index is -1.70. The summed E-state index contributed by atoms with van der Waals surface area (Å²) in [4.78, 5) is 25.5. The highest BCUT2D eigenvalue weighted by molar-refractivity contribution is 5.76. The van der Waals surface area contributed by atoms with Crippen molar-refractivity contribution >= 4 is 11.9 Å². The molecule has 11 atom stereocenters. The maximum atomic E-state index is 13.0. The van der Waals surface area contributed by atoms with Crippen molar-refractivity contribution in [1.29, 1.82) is 0 Å². The Bertz CT molecular complexity index is 1030. The Kier molecular flexibility index (Phi) is 23.7. The maximum absolute atomic E-state index is 13.0. The van der Waals surface area contributed by atoms with Crippen LogP contribution in [0, 0.1) is 5.92 Å². The van der Waals surface area contributed by atoms with Gasteiger partial charge in [0.2, 0.25) is 5.91 Å². The molecule has 2 heterocycles. The molecular weight excluding hydrogens is 718 g/mol. The summed E-state index contributed by atoms with van der Waals surface area (Å²) in [5.41, 5.74) is 0. The first-order chi connectivity index (χ1) is 26.6. The molecular formula is C40H73NO14. The van der Waals surface area contributed by atoms with E-state index in [-0.39, 0.29) is 30.8 Å². The van der Waals surface area contributed by atoms with E-state index < -0.39 is 87.3 Å². The Labute approximate surface area is 327 Å². The largest absolute Gasteiger partial charge is 0.463 e. The van der Waals surface area contributed by atoms with E-state index in [2.05, 4.69) is 12.2 Å². The molecule has 1 aliphatic carbocycles. The van der Waals surface area contributed by atoms with Crippen LogP contribution in [0.3, 0.4) is 0 Å². The zero-order valence-electron chi connectivity index (χ0n) is 33.1. The fourth-order valence-electron chi connectivity index (χ4n) is 7.56. The lowest BCUT2D eigenvalue weighted by Gasteiger charge is -2.44. The topological polar surface area (TPSA) is 234 Å². The molecule has 1 saturated carbocycles. The van der Waals surface area contributed by atoms with Gasteiger partial charge in [-0.05, 0) is 19.3 Å². The summed E-state index contributed by atoms with van der Waals surface area (Å²) < 4.78 is 28.0. The number of amides is 1. The van der Waals surface area contributed by atoms with E-state index in [4.69, 9.17) is 23.7 Å². The molecule has 0 radical (unpaired) electrons. The first-order valence-corrected chi connectivity index (χ1v) is 21.3. The summed E-state index contributed by atoms with van der Waals surface area (Å²) in [6, 6.07) is -1.24. The van der Waals surface area contributed by atoms with Gasteiger partial charge in [0.15, 0.2) is 12.6 Å². The number of rotatable bonds is 27. The van der Waals surface area contributed by atoms with Crippen molar-refractivity contribution < 1.29 is 69.0 Å². The van der Waals surface area contributed by atoms with Gasteiger partial charge in [0.05, 0.1) is 25.7 Å². The van der Waals surface area contributed by atoms with Crippen molar-refractivity contribution in [1.82, 2.24) is 5.32 Å². The number of ether oxygens (including phenoxy) is 5. The number of carbonyl (C=O) groups is 2. The summed E-state index contributed by atoms with van der Waals surface area (Å²) in [6.45, 7) is 0.358. The van der Waals surface area contributed by atoms with E-state index in [0.29, 0.717) is 6.42 Å². The summed E-state index contributed by atoms with van der Waals surface area (Å²) in [7, 11) is 0. The van der Waals surface area contributed by atoms with Crippen molar-refractivity contribution in [3.8, 4) is 0 Å². The number of hydrogen-bond donors (Lipinski definition) is 8. The highest BCUT2D eigenvalue weighted by Gasteiger charge is 2.48. The van der Waals surface area contributed by atoms with Crippen molar-refractivity contribution in [2.45, 2.75) is 209 Å². The Morgan fingerprint density at radius 1 is 0.655 bits per heavy atom. The van der Waals surface area contributed by atoms with Crippen LogP contribution in [0.2, 0.25) is 0 Å². The molecule has 1 amide bonds. The van der Waals surface area contributed by atoms with Crippen LogP contribution in [0.25, 0.3) is 0 Å². The standard InChI is InChI=1S/C40H73NO14/c1-2-3-4-5-6-7-8-9-10-11-12-13-14-15-19-22-31(44)41-32-35(47)34(46)30(26-53-40-37(49)36(48)33(45)29(23-42)54-40)55-39(32)52-25-28(43)24-51-38(50)27-20-17-16-18-21-27/h27-30,32-37,39-40,42-43,45-49H,2-26H2,1H3,(H,41,44)/t28?,29-,30-,32-,33-,34-,35-,36+,37-,39-,40-/m1/s1. The Morgan fingerprint density at radius 3 is 1.78 bits per heavy atom. The predicted molar refractivity (Wildman–Crippen MR) is 201 cm³/mol. The third kappa shape index (κ3) is 17.1. The molecule has 0 aromatic rings. The Balaban J connectivity index is 1.45. The number of unbranched alkanes of at least 4 members (excludes halogenated alkanes) is 14. The highest BCUT2D eigenvalue weighted by Crippen LogP contribution is 2.27. The molecule has 1 unspecified atom stereocenters. The number of hydrogen-bond acceptors (Lipinski definition) is 14. The van der Waals surface area contributed by atoms with E-state index in [9.17, 15) is 45.3 Å². The van der Waals surface area contributed by atoms with Crippen LogP contribution in [-0.4, -0.2) is 142 Å². The van der Waals surface area contributed by atoms with Gasteiger partial charge >= 0.3 is 5.97 Å². The minimum absolute atomic E-state index is 0.188. The van der Waals surface area contributed by atoms with Gasteiger partial charge in [0.1, 0.15) is 61.5 Å². The third-order valence-electron chi connectivity index (χ3n) is 11.1. The second-order valence-electron chi connectivity index (χ2n) is 15.8. The average Bonchev–Trinajstić information content (AvgIpc) is 3.19. The highest BCUT2D eigenvalue weighted by atomic mass is 16.7. The van der Waals surface area contributed by atoms with Gasteiger partial charge < -0.3 is 64.7 Å². The second kappa shape index (κ2) is 27.2. The number of nitrogens with one attached hydrogen (secondary N) is 1. The summed E-state index contributed by atoms with van der Waals surface area (Å²) in [5, 5.41) is 75.5. The van der Waals surface area contributed by atoms with Gasteiger partial charge in [-0.3, -0.25) is 9.59 Å². The lowest BCUT2D eigenvalue weighted by atomic mass is 9.89. The molecule has 8 N–H and O–H groups in total. The zero-order chi connectivity index (χ0) is 40.0. The lowest BCUT2D eigenvalue weighted by Crippen LogP contribution is -2.65. The van der Waals surface area contributed by atoms with Crippen LogP contribution in [0.5, 0.6) is 0 Å². The fourth-order valence-corrected chi connectivity index (χ4v) is 7.56. The monoisotopic (exact) mass is 792 g/mol. The molecule has 15 nitrogen and oxygen atoms in total. The number of carbonyl (C=O) groups excluding carboxylic acids is 2. The van der Waals surface area contributed by atoms with Crippen LogP contribution < -0.4 is 5.32 Å². The third-order valence-corrected chi connectivity index (χ3v) is 11.1. The fraction of sp³-hybridized carbons (Fsp3) is 0.950. The molecule has 0 aromatic carbocycles. The van der Waals surface area contributed by atoms with Crippen molar-refractivity contribution in [2.75, 3.05) is 26.4 Å². The molecule has 0 bridgehead atoms. The van der Waals surface area contributed by atoms with Crippen LogP contribution >= 0.6 is 0 Å². The number of aliphatic hydroxyl groups is 7. The SMILES string of the molecule is CCCCCCCCCCCCCCCCCC(=O)N[C@H]1[C@H](OCC(O)COC(=O)C2CCCCC2)O[C@H](CO[C@@H]2O[C@H](CO)[C@@H](O)[C@H](O)[C@H]2O)[C@@H](O)[C@@H]1O. The average molecular weight is 792 g/mol. The summed E-state index contributed by atoms with van der Waals surface area (Å²) >= 11 is 0. The Hall–Kier alpha value is -1.50. The van der Waals surface area contributed by atoms with Gasteiger partial charge in [-0.25, -0.2) is 0 Å². The van der Waals surface area contributed by atoms with Crippen molar-refractivity contribution in [2.24, 2.45) is 5.92 Å². The van der Waals surface area contributed by atoms with Crippen molar-refractivity contribution in [3.05, 3.63) is 0 Å². The van der Waals surface area contributed by atoms with Crippen LogP contribution in [0.4, 0.5) is 0 Å². The lowest BCUT2D eigenvalue weighted by molar-refractivity contribution is -0.322. The Morgan fingerprint density at radius 2 is 1.20 bits per heavy atom. The van der Waals surface area contributed by atoms with Gasteiger partial charge in [-0.2, -0.15) is 0 Å². The first-order valence-electron chi connectivity index (χ1n) is 21.3. The molecule has 0 aromatic heterocycles. The van der Waals surface area contributed by atoms with E-state index >= 15 is 0 Å². The molecule has 2 aliphatic heterocycles. The van der Waals surface area contributed by atoms with E-state index in [1.165, 1.54) is 70.6 Å². The van der Waals surface area contributed by atoms with E-state index in [1.54, 1.807) is 0 Å². The normalized spacial score (nSPS) is 30.9. The first kappa shape index (κ1) is 47.9. The van der Waals surface area contributed by atoms with Gasteiger partial charge in [0, 0.05) is 6.42 Å². The van der Waals surface area contributed by atoms with Crippen LogP contribution in [0.15, 0.2) is 0 Å². The minimum Gasteiger partial charge on any atom is -0.463 e. The molecule has 2 saturated heterocycles. The number of esters is 1. The van der Waals surface area contributed by atoms with E-state index in [0.717, 1.165) is 51.4 Å². The quantitative estimate of drug-likeness (QED) is 0.0442. The second-order valence-corrected chi connectivity index (χ2v) is 15.8. The van der Waals surface area contributed by atoms with Crippen LogP contribution in [-0.2, 0) is 33.3 Å². The maximum Gasteiger partial charge on any atom is 0.309 e. The van der Waals surface area contributed by atoms with E-state index in [1.807, 2.05) is 0 Å². The molecule has 0 spiro atoms. The molecule has 3 rings (SSSR count). The summed E-state index contributed by atoms with van der Waals surface area (Å²) in [5.74, 6) is -0.949. The summed E-state index contributed by atoms with van der Waals surface area (Å²) in [6.07, 6.45) is 7.75. The predicted octanol–water partition coefficient (Wildman–Crippen LogP) is 2.50. The van der Waals surface area contributed by atoms with Gasteiger partial charge in [-0.1, -0.05) is 116 Å². The molecule has 3 aliphatic rings. The number of aliphatic hydroxyl groups excluding tert-OH is 7. The molecule has 55 heavy (non-hydrogen) atoms. The smallest absolute Gasteiger partial charge is 0.309 e. The molecule has 322 valence electrons. The molecule has 15 heteroatoms. The molecule has 3 fully saturated rings. The van der Waals surface area contributed by atoms with Crippen molar-refractivity contribution in [3.63, 3.8) is 0 Å².